The lowest BCUT2D eigenvalue weighted by atomic mass is 9.77. The van der Waals surface area contributed by atoms with E-state index in [4.69, 9.17) is 16.3 Å². The van der Waals surface area contributed by atoms with E-state index in [9.17, 15) is 35.9 Å². The molecule has 0 saturated heterocycles. The molecule has 0 saturated carbocycles. The van der Waals surface area contributed by atoms with Crippen LogP contribution in [0.2, 0.25) is 5.02 Å². The Balaban J connectivity index is 1.88. The number of anilines is 1. The van der Waals surface area contributed by atoms with E-state index in [0.29, 0.717) is 0 Å². The zero-order valence-corrected chi connectivity index (χ0v) is 20.4. The van der Waals surface area contributed by atoms with Gasteiger partial charge < -0.3 is 10.1 Å². The normalized spacial score (nSPS) is 18.0. The number of nitrogens with zero attached hydrogens (tertiary/aromatic N) is 2. The molecule has 1 unspecified atom stereocenters. The molecule has 1 N–H and O–H groups in total. The fourth-order valence-electron chi connectivity index (χ4n) is 3.94. The van der Waals surface area contributed by atoms with Gasteiger partial charge in [0.1, 0.15) is 12.0 Å². The van der Waals surface area contributed by atoms with Gasteiger partial charge in [-0.15, -0.1) is 0 Å². The number of rotatable bonds is 7. The highest BCUT2D eigenvalue weighted by molar-refractivity contribution is 6.32. The third-order valence-corrected chi connectivity index (χ3v) is 6.10. The standard InChI is InChI=1S/C24H22ClF6N3O3/c1-3-22(21(36)37-4-2)13-34(12-19(35)32-16-8-6-15(7-9-16)23(26,27)28)33-20(22)14-5-10-17(18(25)11-14)24(29,30)31/h5-11H,3-4,12-13H2,1-2H3,(H,32,35). The monoisotopic (exact) mass is 549 g/mol. The number of nitrogens with one attached hydrogen (secondary N) is 1. The molecule has 6 nitrogen and oxygen atoms in total. The molecule has 0 spiro atoms. The van der Waals surface area contributed by atoms with E-state index in [1.54, 1.807) is 13.8 Å². The number of alkyl halides is 6. The molecule has 1 aliphatic rings. The summed E-state index contributed by atoms with van der Waals surface area (Å²) in [5.41, 5.74) is -2.97. The number of hydrogen-bond donors (Lipinski definition) is 1. The molecule has 2 aromatic carbocycles. The van der Waals surface area contributed by atoms with Gasteiger partial charge in [-0.1, -0.05) is 24.6 Å². The molecule has 200 valence electrons. The molecular formula is C24H22ClF6N3O3. The van der Waals surface area contributed by atoms with Crippen LogP contribution in [0.4, 0.5) is 32.0 Å². The van der Waals surface area contributed by atoms with Gasteiger partial charge in [0.2, 0.25) is 5.91 Å². The number of hydrazone groups is 1. The van der Waals surface area contributed by atoms with Crippen LogP contribution in [-0.2, 0) is 26.7 Å². The first-order valence-corrected chi connectivity index (χ1v) is 11.4. The molecule has 0 bridgehead atoms. The third-order valence-electron chi connectivity index (χ3n) is 5.79. The van der Waals surface area contributed by atoms with Gasteiger partial charge in [0.15, 0.2) is 0 Å². The second kappa shape index (κ2) is 10.6. The van der Waals surface area contributed by atoms with Crippen LogP contribution >= 0.6 is 11.6 Å². The molecular weight excluding hydrogens is 528 g/mol. The summed E-state index contributed by atoms with van der Waals surface area (Å²) in [6.07, 6.45) is -9.06. The summed E-state index contributed by atoms with van der Waals surface area (Å²) in [6, 6.07) is 6.81. The number of carbonyl (C=O) groups excluding carboxylic acids is 2. The van der Waals surface area contributed by atoms with E-state index in [0.717, 1.165) is 42.5 Å². The summed E-state index contributed by atoms with van der Waals surface area (Å²) in [6.45, 7) is 2.80. The van der Waals surface area contributed by atoms with Gasteiger partial charge in [0.25, 0.3) is 0 Å². The molecule has 0 aromatic heterocycles. The third kappa shape index (κ3) is 6.17. The highest BCUT2D eigenvalue weighted by Gasteiger charge is 2.50. The van der Waals surface area contributed by atoms with Crippen molar-refractivity contribution in [1.29, 1.82) is 0 Å². The van der Waals surface area contributed by atoms with Crippen LogP contribution in [0.5, 0.6) is 0 Å². The van der Waals surface area contributed by atoms with Crippen LogP contribution in [0.3, 0.4) is 0 Å². The first kappa shape index (κ1) is 28.3. The van der Waals surface area contributed by atoms with Gasteiger partial charge in [-0.05, 0) is 49.7 Å². The fourth-order valence-corrected chi connectivity index (χ4v) is 4.23. The lowest BCUT2D eigenvalue weighted by Gasteiger charge is -2.27. The van der Waals surface area contributed by atoms with Gasteiger partial charge in [0, 0.05) is 11.3 Å². The van der Waals surface area contributed by atoms with Crippen molar-refractivity contribution in [2.75, 3.05) is 25.0 Å². The SMILES string of the molecule is CCOC(=O)C1(CC)CN(CC(=O)Nc2ccc(C(F)(F)F)cc2)N=C1c1ccc(C(F)(F)F)c(Cl)c1. The minimum absolute atomic E-state index is 0.0377. The number of ether oxygens (including phenoxy) is 1. The van der Waals surface area contributed by atoms with Crippen LogP contribution < -0.4 is 5.32 Å². The molecule has 0 aliphatic carbocycles. The minimum atomic E-state index is -4.68. The average Bonchev–Trinajstić information content (AvgIpc) is 3.17. The largest absolute Gasteiger partial charge is 0.465 e. The van der Waals surface area contributed by atoms with Gasteiger partial charge >= 0.3 is 18.3 Å². The first-order valence-electron chi connectivity index (χ1n) is 11.1. The van der Waals surface area contributed by atoms with Crippen LogP contribution in [0.1, 0.15) is 37.0 Å². The quantitative estimate of drug-likeness (QED) is 0.340. The predicted octanol–water partition coefficient (Wildman–Crippen LogP) is 6.00. The molecule has 13 heteroatoms. The van der Waals surface area contributed by atoms with Crippen LogP contribution in [0, 0.1) is 5.41 Å². The maximum atomic E-state index is 13.2. The predicted molar refractivity (Wildman–Crippen MR) is 124 cm³/mol. The highest BCUT2D eigenvalue weighted by atomic mass is 35.5. The lowest BCUT2D eigenvalue weighted by Crippen LogP contribution is -2.43. The maximum Gasteiger partial charge on any atom is 0.417 e. The Labute approximate surface area is 213 Å². The Hall–Kier alpha value is -3.28. The van der Waals surface area contributed by atoms with Gasteiger partial charge in [-0.3, -0.25) is 14.6 Å². The summed E-state index contributed by atoms with van der Waals surface area (Å²) in [5.74, 6) is -1.30. The zero-order chi connectivity index (χ0) is 27.6. The highest BCUT2D eigenvalue weighted by Crippen LogP contribution is 2.40. The van der Waals surface area contributed by atoms with Gasteiger partial charge in [0.05, 0.1) is 35.0 Å². The second-order valence-electron chi connectivity index (χ2n) is 8.24. The van der Waals surface area contributed by atoms with Crippen LogP contribution in [0.25, 0.3) is 0 Å². The molecule has 1 heterocycles. The van der Waals surface area contributed by atoms with Crippen molar-refractivity contribution in [3.63, 3.8) is 0 Å². The van der Waals surface area contributed by atoms with Crippen molar-refractivity contribution in [3.8, 4) is 0 Å². The summed E-state index contributed by atoms with van der Waals surface area (Å²) < 4.78 is 83.0. The number of benzene rings is 2. The molecule has 3 rings (SSSR count). The molecule has 0 radical (unpaired) electrons. The fraction of sp³-hybridized carbons (Fsp3) is 0.375. The molecule has 0 fully saturated rings. The van der Waals surface area contributed by atoms with Crippen LogP contribution in [0.15, 0.2) is 47.6 Å². The maximum absolute atomic E-state index is 13.2. The summed E-state index contributed by atoms with van der Waals surface area (Å²) in [4.78, 5) is 25.6. The van der Waals surface area contributed by atoms with Crippen molar-refractivity contribution in [3.05, 3.63) is 64.2 Å². The minimum Gasteiger partial charge on any atom is -0.465 e. The van der Waals surface area contributed by atoms with E-state index < -0.39 is 45.8 Å². The molecule has 1 amide bonds. The Bertz CT molecular complexity index is 1200. The van der Waals surface area contributed by atoms with E-state index in [-0.39, 0.29) is 43.1 Å². The smallest absolute Gasteiger partial charge is 0.417 e. The zero-order valence-electron chi connectivity index (χ0n) is 19.6. The van der Waals surface area contributed by atoms with E-state index in [1.807, 2.05) is 0 Å². The van der Waals surface area contributed by atoms with Crippen molar-refractivity contribution in [2.45, 2.75) is 32.6 Å². The Morgan fingerprint density at radius 1 is 1.05 bits per heavy atom. The van der Waals surface area contributed by atoms with Crippen molar-refractivity contribution < 1.29 is 40.7 Å². The van der Waals surface area contributed by atoms with Crippen molar-refractivity contribution in [1.82, 2.24) is 5.01 Å². The Morgan fingerprint density at radius 2 is 1.70 bits per heavy atom. The summed E-state index contributed by atoms with van der Waals surface area (Å²) in [7, 11) is 0. The summed E-state index contributed by atoms with van der Waals surface area (Å²) >= 11 is 5.88. The van der Waals surface area contributed by atoms with E-state index in [1.165, 1.54) is 5.01 Å². The molecule has 1 aliphatic heterocycles. The topological polar surface area (TPSA) is 71.0 Å². The lowest BCUT2D eigenvalue weighted by molar-refractivity contribution is -0.151. The average molecular weight is 550 g/mol. The number of amides is 1. The van der Waals surface area contributed by atoms with Crippen molar-refractivity contribution in [2.24, 2.45) is 10.5 Å². The molecule has 37 heavy (non-hydrogen) atoms. The first-order chi connectivity index (χ1) is 17.2. The van der Waals surface area contributed by atoms with E-state index >= 15 is 0 Å². The van der Waals surface area contributed by atoms with E-state index in [2.05, 4.69) is 10.4 Å². The van der Waals surface area contributed by atoms with Crippen molar-refractivity contribution >= 4 is 34.9 Å². The number of carbonyl (C=O) groups is 2. The van der Waals surface area contributed by atoms with Gasteiger partial charge in [-0.25, -0.2) is 0 Å². The number of hydrogen-bond acceptors (Lipinski definition) is 5. The number of halogens is 7. The summed E-state index contributed by atoms with van der Waals surface area (Å²) in [5, 5.41) is 7.47. The molecule has 1 atom stereocenters. The molecule has 2 aromatic rings. The number of esters is 1. The van der Waals surface area contributed by atoms with Crippen LogP contribution in [-0.4, -0.2) is 42.3 Å². The van der Waals surface area contributed by atoms with Gasteiger partial charge in [-0.2, -0.15) is 31.4 Å². The Morgan fingerprint density at radius 3 is 2.22 bits per heavy atom. The second-order valence-corrected chi connectivity index (χ2v) is 8.65. The Kier molecular flexibility index (Phi) is 8.11.